The molecule has 0 saturated heterocycles. The zero-order valence-corrected chi connectivity index (χ0v) is 11.9. The maximum Gasteiger partial charge on any atom is 0.340 e. The van der Waals surface area contributed by atoms with E-state index in [-0.39, 0.29) is 5.97 Å². The molecule has 3 rings (SSSR count). The molecule has 1 aromatic carbocycles. The molecular formula is C17H19NO2. The second kappa shape index (κ2) is 5.16. The number of esters is 1. The standard InChI is InChI=1S/C17H19NO2/c1-3-20-17(19)15-14(12-7-5-4-6-8-12)11(2)18-16(15)13-9-10-13/h4-8,13,18H,3,9-10H2,1-2H3. The molecule has 0 atom stereocenters. The van der Waals surface area contributed by atoms with Crippen LogP contribution in [-0.4, -0.2) is 17.6 Å². The molecular weight excluding hydrogens is 250 g/mol. The minimum absolute atomic E-state index is 0.211. The van der Waals surface area contributed by atoms with Crippen molar-refractivity contribution in [3.63, 3.8) is 0 Å². The van der Waals surface area contributed by atoms with Gasteiger partial charge in [0.2, 0.25) is 0 Å². The van der Waals surface area contributed by atoms with Gasteiger partial charge in [0.25, 0.3) is 0 Å². The fourth-order valence-corrected chi connectivity index (χ4v) is 2.71. The van der Waals surface area contributed by atoms with Crippen LogP contribution in [0.4, 0.5) is 0 Å². The molecule has 3 heteroatoms. The first kappa shape index (κ1) is 13.0. The summed E-state index contributed by atoms with van der Waals surface area (Å²) in [7, 11) is 0. The van der Waals surface area contributed by atoms with Gasteiger partial charge in [-0.05, 0) is 38.2 Å². The van der Waals surface area contributed by atoms with Crippen molar-refractivity contribution in [3.05, 3.63) is 47.3 Å². The van der Waals surface area contributed by atoms with Crippen LogP contribution >= 0.6 is 0 Å². The van der Waals surface area contributed by atoms with E-state index >= 15 is 0 Å². The van der Waals surface area contributed by atoms with Crippen LogP contribution in [0, 0.1) is 6.92 Å². The van der Waals surface area contributed by atoms with E-state index < -0.39 is 0 Å². The minimum atomic E-state index is -0.211. The summed E-state index contributed by atoms with van der Waals surface area (Å²) >= 11 is 0. The van der Waals surface area contributed by atoms with Crippen LogP contribution in [0.1, 0.15) is 47.4 Å². The maximum atomic E-state index is 12.4. The Hall–Kier alpha value is -2.03. The molecule has 2 aromatic rings. The van der Waals surface area contributed by atoms with Crippen LogP contribution in [0.25, 0.3) is 11.1 Å². The van der Waals surface area contributed by atoms with E-state index in [2.05, 4.69) is 4.98 Å². The van der Waals surface area contributed by atoms with E-state index in [0.29, 0.717) is 12.5 Å². The largest absolute Gasteiger partial charge is 0.462 e. The Morgan fingerprint density at radius 3 is 2.60 bits per heavy atom. The Labute approximate surface area is 119 Å². The zero-order chi connectivity index (χ0) is 14.1. The predicted molar refractivity (Wildman–Crippen MR) is 78.9 cm³/mol. The van der Waals surface area contributed by atoms with Crippen LogP contribution in [0.5, 0.6) is 0 Å². The topological polar surface area (TPSA) is 42.1 Å². The lowest BCUT2D eigenvalue weighted by Crippen LogP contribution is -2.07. The zero-order valence-electron chi connectivity index (χ0n) is 11.9. The molecule has 0 radical (unpaired) electrons. The number of rotatable bonds is 4. The number of aromatic amines is 1. The van der Waals surface area contributed by atoms with Gasteiger partial charge in [-0.2, -0.15) is 0 Å². The van der Waals surface area contributed by atoms with Gasteiger partial charge in [-0.15, -0.1) is 0 Å². The highest BCUT2D eigenvalue weighted by molar-refractivity contribution is 6.00. The number of aryl methyl sites for hydroxylation is 1. The number of aromatic nitrogens is 1. The summed E-state index contributed by atoms with van der Waals surface area (Å²) in [6, 6.07) is 10.0. The van der Waals surface area contributed by atoms with E-state index in [4.69, 9.17) is 4.74 Å². The lowest BCUT2D eigenvalue weighted by Gasteiger charge is -2.07. The third-order valence-electron chi connectivity index (χ3n) is 3.74. The third kappa shape index (κ3) is 2.24. The first-order valence-corrected chi connectivity index (χ1v) is 7.17. The number of H-pyrrole nitrogens is 1. The molecule has 104 valence electrons. The van der Waals surface area contributed by atoms with Crippen molar-refractivity contribution in [2.24, 2.45) is 0 Å². The summed E-state index contributed by atoms with van der Waals surface area (Å²) in [6.07, 6.45) is 2.31. The average Bonchev–Trinajstić information content (AvgIpc) is 3.23. The van der Waals surface area contributed by atoms with E-state index in [1.54, 1.807) is 0 Å². The number of ether oxygens (including phenoxy) is 1. The van der Waals surface area contributed by atoms with Gasteiger partial charge in [0, 0.05) is 17.0 Å². The molecule has 1 fully saturated rings. The molecule has 0 amide bonds. The molecule has 1 saturated carbocycles. The summed E-state index contributed by atoms with van der Waals surface area (Å²) in [5.74, 6) is 0.281. The van der Waals surface area contributed by atoms with Crippen molar-refractivity contribution in [3.8, 4) is 11.1 Å². The van der Waals surface area contributed by atoms with E-state index in [0.717, 1.165) is 40.9 Å². The SMILES string of the molecule is CCOC(=O)c1c(C2CC2)[nH]c(C)c1-c1ccccc1. The second-order valence-electron chi connectivity index (χ2n) is 5.27. The van der Waals surface area contributed by atoms with Crippen LogP contribution < -0.4 is 0 Å². The van der Waals surface area contributed by atoms with Gasteiger partial charge in [0.05, 0.1) is 12.2 Å². The molecule has 0 unspecified atom stereocenters. The van der Waals surface area contributed by atoms with Crippen LogP contribution in [0.2, 0.25) is 0 Å². The summed E-state index contributed by atoms with van der Waals surface area (Å²) in [5.41, 5.74) is 4.89. The van der Waals surface area contributed by atoms with Crippen molar-refractivity contribution in [2.45, 2.75) is 32.6 Å². The van der Waals surface area contributed by atoms with Gasteiger partial charge in [-0.3, -0.25) is 0 Å². The van der Waals surface area contributed by atoms with Crippen molar-refractivity contribution in [2.75, 3.05) is 6.61 Å². The molecule has 3 nitrogen and oxygen atoms in total. The highest BCUT2D eigenvalue weighted by Crippen LogP contribution is 2.44. The van der Waals surface area contributed by atoms with Gasteiger partial charge < -0.3 is 9.72 Å². The van der Waals surface area contributed by atoms with E-state index in [1.165, 1.54) is 0 Å². The normalized spacial score (nSPS) is 14.3. The Morgan fingerprint density at radius 1 is 1.30 bits per heavy atom. The first-order chi connectivity index (χ1) is 9.72. The van der Waals surface area contributed by atoms with Crippen LogP contribution in [0.15, 0.2) is 30.3 Å². The Bertz CT molecular complexity index is 624. The molecule has 1 aliphatic rings. The number of nitrogens with one attached hydrogen (secondary N) is 1. The van der Waals surface area contributed by atoms with Crippen molar-refractivity contribution >= 4 is 5.97 Å². The summed E-state index contributed by atoms with van der Waals surface area (Å²) < 4.78 is 5.26. The highest BCUT2D eigenvalue weighted by Gasteiger charge is 2.33. The Balaban J connectivity index is 2.15. The highest BCUT2D eigenvalue weighted by atomic mass is 16.5. The van der Waals surface area contributed by atoms with Crippen molar-refractivity contribution in [1.82, 2.24) is 4.98 Å². The quantitative estimate of drug-likeness (QED) is 0.851. The molecule has 1 aliphatic carbocycles. The number of carbonyl (C=O) groups excluding carboxylic acids is 1. The van der Waals surface area contributed by atoms with E-state index in [9.17, 15) is 4.79 Å². The van der Waals surface area contributed by atoms with Crippen LogP contribution in [0.3, 0.4) is 0 Å². The monoisotopic (exact) mass is 269 g/mol. The third-order valence-corrected chi connectivity index (χ3v) is 3.74. The van der Waals surface area contributed by atoms with Crippen molar-refractivity contribution < 1.29 is 9.53 Å². The molecule has 0 bridgehead atoms. The minimum Gasteiger partial charge on any atom is -0.462 e. The Morgan fingerprint density at radius 2 is 2.00 bits per heavy atom. The molecule has 0 spiro atoms. The molecule has 1 N–H and O–H groups in total. The second-order valence-corrected chi connectivity index (χ2v) is 5.27. The van der Waals surface area contributed by atoms with E-state index in [1.807, 2.05) is 44.2 Å². The van der Waals surface area contributed by atoms with Crippen LogP contribution in [-0.2, 0) is 4.74 Å². The molecule has 1 heterocycles. The fourth-order valence-electron chi connectivity index (χ4n) is 2.71. The smallest absolute Gasteiger partial charge is 0.340 e. The van der Waals surface area contributed by atoms with Gasteiger partial charge >= 0.3 is 5.97 Å². The lowest BCUT2D eigenvalue weighted by molar-refractivity contribution is 0.0526. The predicted octanol–water partition coefficient (Wildman–Crippen LogP) is 4.04. The van der Waals surface area contributed by atoms with Gasteiger partial charge in [-0.25, -0.2) is 4.79 Å². The molecule has 0 aliphatic heterocycles. The molecule has 1 aromatic heterocycles. The lowest BCUT2D eigenvalue weighted by atomic mass is 9.99. The summed E-state index contributed by atoms with van der Waals surface area (Å²) in [4.78, 5) is 15.8. The number of carbonyl (C=O) groups is 1. The summed E-state index contributed by atoms with van der Waals surface area (Å²) in [6.45, 7) is 4.27. The van der Waals surface area contributed by atoms with Gasteiger partial charge in [-0.1, -0.05) is 30.3 Å². The van der Waals surface area contributed by atoms with Gasteiger partial charge in [0.15, 0.2) is 0 Å². The Kier molecular flexibility index (Phi) is 3.35. The van der Waals surface area contributed by atoms with Crippen molar-refractivity contribution in [1.29, 1.82) is 0 Å². The fraction of sp³-hybridized carbons (Fsp3) is 0.353. The summed E-state index contributed by atoms with van der Waals surface area (Å²) in [5, 5.41) is 0. The van der Waals surface area contributed by atoms with Gasteiger partial charge in [0.1, 0.15) is 0 Å². The maximum absolute atomic E-state index is 12.4. The molecule has 20 heavy (non-hydrogen) atoms. The first-order valence-electron chi connectivity index (χ1n) is 7.17. The average molecular weight is 269 g/mol. The number of benzene rings is 1. The number of hydrogen-bond donors (Lipinski definition) is 1. The number of hydrogen-bond acceptors (Lipinski definition) is 2.